The van der Waals surface area contributed by atoms with E-state index < -0.39 is 6.23 Å². The monoisotopic (exact) mass is 287 g/mol. The van der Waals surface area contributed by atoms with E-state index in [2.05, 4.69) is 0 Å². The molecule has 110 valence electrons. The minimum absolute atomic E-state index is 0.0103. The first-order chi connectivity index (χ1) is 10.2. The number of fused-ring (bicyclic) bond motifs is 8. The van der Waals surface area contributed by atoms with E-state index >= 15 is 0 Å². The number of methoxy groups -OCH3 is 1. The van der Waals surface area contributed by atoms with Gasteiger partial charge in [0.2, 0.25) is 5.91 Å². The van der Waals surface area contributed by atoms with Crippen molar-refractivity contribution in [2.24, 2.45) is 23.7 Å². The number of rotatable bonds is 2. The lowest BCUT2D eigenvalue weighted by atomic mass is 9.81. The van der Waals surface area contributed by atoms with Crippen molar-refractivity contribution < 1.29 is 19.4 Å². The van der Waals surface area contributed by atoms with Crippen LogP contribution in [-0.2, 0) is 9.53 Å². The van der Waals surface area contributed by atoms with E-state index in [0.29, 0.717) is 23.3 Å². The number of carbonyl (C=O) groups is 1. The highest BCUT2D eigenvalue weighted by Crippen LogP contribution is 2.65. The number of ether oxygens (including phenoxy) is 2. The van der Waals surface area contributed by atoms with Crippen molar-refractivity contribution in [2.75, 3.05) is 12.0 Å². The zero-order chi connectivity index (χ0) is 14.3. The third-order valence-corrected chi connectivity index (χ3v) is 5.80. The van der Waals surface area contributed by atoms with Crippen molar-refractivity contribution in [1.82, 2.24) is 0 Å². The van der Waals surface area contributed by atoms with Gasteiger partial charge in [-0.3, -0.25) is 9.69 Å². The van der Waals surface area contributed by atoms with Gasteiger partial charge in [0.25, 0.3) is 0 Å². The highest BCUT2D eigenvalue weighted by molar-refractivity contribution is 6.00. The van der Waals surface area contributed by atoms with Crippen molar-refractivity contribution in [1.29, 1.82) is 0 Å². The van der Waals surface area contributed by atoms with E-state index in [-0.39, 0.29) is 30.0 Å². The molecule has 1 amide bonds. The lowest BCUT2D eigenvalue weighted by molar-refractivity contribution is -0.122. The number of hydrogen-bond acceptors (Lipinski definition) is 4. The van der Waals surface area contributed by atoms with Crippen LogP contribution in [0.4, 0.5) is 5.69 Å². The Bertz CT molecular complexity index is 632. The molecule has 1 N–H and O–H groups in total. The molecule has 1 aromatic carbocycles. The second-order valence-electron chi connectivity index (χ2n) is 6.53. The number of nitrogens with zero attached hydrogens (tertiary/aromatic N) is 1. The number of amides is 1. The van der Waals surface area contributed by atoms with Gasteiger partial charge in [0.15, 0.2) is 0 Å². The molecule has 2 heterocycles. The number of epoxide rings is 1. The van der Waals surface area contributed by atoms with Gasteiger partial charge in [0, 0.05) is 11.8 Å². The van der Waals surface area contributed by atoms with Gasteiger partial charge in [-0.15, -0.1) is 0 Å². The van der Waals surface area contributed by atoms with E-state index in [1.165, 1.54) is 4.90 Å². The Balaban J connectivity index is 1.56. The van der Waals surface area contributed by atoms with Crippen molar-refractivity contribution in [3.05, 3.63) is 24.3 Å². The Morgan fingerprint density at radius 3 is 2.86 bits per heavy atom. The number of carbonyl (C=O) groups excluding carboxylic acids is 1. The quantitative estimate of drug-likeness (QED) is 0.825. The van der Waals surface area contributed by atoms with Gasteiger partial charge in [-0.2, -0.15) is 0 Å². The van der Waals surface area contributed by atoms with Crippen molar-refractivity contribution >= 4 is 11.6 Å². The summed E-state index contributed by atoms with van der Waals surface area (Å²) in [6.45, 7) is 0. The highest BCUT2D eigenvalue weighted by atomic mass is 16.6. The zero-order valence-electron chi connectivity index (χ0n) is 11.7. The summed E-state index contributed by atoms with van der Waals surface area (Å²) in [5, 5.41) is 10.8. The standard InChI is InChI=1S/C16H17NO4/c1-20-10-5-3-2-4-9(10)17-15(18)11-7-6-8(12(11)16(17)19)14-13(7)21-14/h2-5,7-8,11-15,18H,6H2,1H3/t7?,8?,11?,12?,13?,14?,15-/m0/s1. The fourth-order valence-electron chi connectivity index (χ4n) is 4.99. The van der Waals surface area contributed by atoms with Crippen LogP contribution < -0.4 is 9.64 Å². The number of para-hydroxylation sites is 2. The second-order valence-corrected chi connectivity index (χ2v) is 6.53. The van der Waals surface area contributed by atoms with Crippen LogP contribution in [-0.4, -0.2) is 36.6 Å². The van der Waals surface area contributed by atoms with E-state index in [1.54, 1.807) is 7.11 Å². The fourth-order valence-corrected chi connectivity index (χ4v) is 4.99. The van der Waals surface area contributed by atoms with Crippen molar-refractivity contribution in [3.8, 4) is 5.75 Å². The maximum atomic E-state index is 12.9. The van der Waals surface area contributed by atoms with Gasteiger partial charge >= 0.3 is 0 Å². The molecule has 0 radical (unpaired) electrons. The summed E-state index contributed by atoms with van der Waals surface area (Å²) in [6.07, 6.45) is 0.827. The van der Waals surface area contributed by atoms with Gasteiger partial charge < -0.3 is 14.6 Å². The SMILES string of the molecule is COc1ccccc1N1C(=O)C2C3CC(C4OC34)C2[C@@H]1O. The Morgan fingerprint density at radius 2 is 2.05 bits per heavy atom. The normalized spacial score (nSPS) is 45.7. The van der Waals surface area contributed by atoms with E-state index in [0.717, 1.165) is 6.42 Å². The largest absolute Gasteiger partial charge is 0.495 e. The summed E-state index contributed by atoms with van der Waals surface area (Å²) in [7, 11) is 1.58. The average molecular weight is 287 g/mol. The lowest BCUT2D eigenvalue weighted by Crippen LogP contribution is -2.37. The summed E-state index contributed by atoms with van der Waals surface area (Å²) in [5.74, 6) is 1.21. The highest BCUT2D eigenvalue weighted by Gasteiger charge is 2.73. The third kappa shape index (κ3) is 1.31. The maximum Gasteiger partial charge on any atom is 0.233 e. The molecule has 4 aliphatic rings. The Kier molecular flexibility index (Phi) is 2.16. The van der Waals surface area contributed by atoms with E-state index in [1.807, 2.05) is 24.3 Å². The second kappa shape index (κ2) is 3.78. The number of aliphatic hydroxyl groups is 1. The Hall–Kier alpha value is -1.59. The van der Waals surface area contributed by atoms with Crippen LogP contribution in [0, 0.1) is 23.7 Å². The van der Waals surface area contributed by atoms with Gasteiger partial charge in [0.05, 0.1) is 30.9 Å². The zero-order valence-corrected chi connectivity index (χ0v) is 11.7. The number of benzene rings is 1. The molecule has 5 nitrogen and oxygen atoms in total. The molecule has 5 rings (SSSR count). The van der Waals surface area contributed by atoms with Crippen LogP contribution in [0.2, 0.25) is 0 Å². The molecular weight excluding hydrogens is 270 g/mol. The number of aliphatic hydroxyl groups excluding tert-OH is 1. The van der Waals surface area contributed by atoms with Gasteiger partial charge in [-0.1, -0.05) is 12.1 Å². The first kappa shape index (κ1) is 12.0. The van der Waals surface area contributed by atoms with Gasteiger partial charge in [0.1, 0.15) is 12.0 Å². The van der Waals surface area contributed by atoms with Crippen molar-refractivity contribution in [3.63, 3.8) is 0 Å². The first-order valence-electron chi connectivity index (χ1n) is 7.52. The molecule has 2 aliphatic carbocycles. The minimum Gasteiger partial charge on any atom is -0.495 e. The molecule has 21 heavy (non-hydrogen) atoms. The lowest BCUT2D eigenvalue weighted by Gasteiger charge is -2.27. The molecule has 2 saturated heterocycles. The molecule has 2 aliphatic heterocycles. The summed E-state index contributed by atoms with van der Waals surface area (Å²) >= 11 is 0. The van der Waals surface area contributed by atoms with Crippen LogP contribution in [0.5, 0.6) is 5.75 Å². The predicted octanol–water partition coefficient (Wildman–Crippen LogP) is 1.01. The fraction of sp³-hybridized carbons (Fsp3) is 0.562. The topological polar surface area (TPSA) is 62.3 Å². The van der Waals surface area contributed by atoms with Crippen molar-refractivity contribution in [2.45, 2.75) is 24.9 Å². The van der Waals surface area contributed by atoms with Crippen LogP contribution in [0.3, 0.4) is 0 Å². The predicted molar refractivity (Wildman–Crippen MR) is 73.7 cm³/mol. The van der Waals surface area contributed by atoms with Gasteiger partial charge in [-0.05, 0) is 24.5 Å². The molecule has 0 aromatic heterocycles. The molecule has 6 unspecified atom stereocenters. The maximum absolute atomic E-state index is 12.9. The smallest absolute Gasteiger partial charge is 0.233 e. The van der Waals surface area contributed by atoms with Crippen LogP contribution in [0.15, 0.2) is 24.3 Å². The molecular formula is C16H17NO4. The number of hydrogen-bond donors (Lipinski definition) is 1. The average Bonchev–Trinajstić information content (AvgIpc) is 3.02. The van der Waals surface area contributed by atoms with E-state index in [4.69, 9.17) is 9.47 Å². The molecule has 0 spiro atoms. The molecule has 1 aromatic rings. The number of anilines is 1. The summed E-state index contributed by atoms with van der Waals surface area (Å²) < 4.78 is 11.0. The molecule has 2 bridgehead atoms. The van der Waals surface area contributed by atoms with Crippen LogP contribution >= 0.6 is 0 Å². The summed E-state index contributed by atoms with van der Waals surface area (Å²) in [6, 6.07) is 7.38. The van der Waals surface area contributed by atoms with Gasteiger partial charge in [-0.25, -0.2) is 0 Å². The van der Waals surface area contributed by atoms with Crippen LogP contribution in [0.25, 0.3) is 0 Å². The summed E-state index contributed by atoms with van der Waals surface area (Å²) in [5.41, 5.74) is 0.667. The Morgan fingerprint density at radius 1 is 1.29 bits per heavy atom. The molecule has 4 fully saturated rings. The molecule has 5 heteroatoms. The minimum atomic E-state index is -0.765. The first-order valence-corrected chi connectivity index (χ1v) is 7.52. The molecule has 7 atom stereocenters. The Labute approximate surface area is 122 Å². The third-order valence-electron chi connectivity index (χ3n) is 5.80. The van der Waals surface area contributed by atoms with Crippen LogP contribution in [0.1, 0.15) is 6.42 Å². The van der Waals surface area contributed by atoms with E-state index in [9.17, 15) is 9.90 Å². The molecule has 2 saturated carbocycles. The summed E-state index contributed by atoms with van der Waals surface area (Å²) in [4.78, 5) is 14.4.